The molecule has 0 spiro atoms. The fraction of sp³-hybridized carbons (Fsp3) is 0.938. The quantitative estimate of drug-likeness (QED) is 0.436. The molecule has 18 heavy (non-hydrogen) atoms. The van der Waals surface area contributed by atoms with E-state index in [1.165, 1.54) is 57.0 Å². The normalized spacial score (nSPS) is 14.3. The molecule has 0 saturated heterocycles. The number of hydrogen-bond acceptors (Lipinski definition) is 1. The van der Waals surface area contributed by atoms with Crippen molar-refractivity contribution >= 4 is 13.0 Å². The Kier molecular flexibility index (Phi) is 9.85. The molecule has 0 bridgehead atoms. The molecule has 2 heteroatoms. The van der Waals surface area contributed by atoms with Gasteiger partial charge in [0.1, 0.15) is 5.78 Å². The summed E-state index contributed by atoms with van der Waals surface area (Å²) in [6.07, 6.45) is 11.9. The summed E-state index contributed by atoms with van der Waals surface area (Å²) in [7, 11) is -1.06. The fourth-order valence-corrected chi connectivity index (χ4v) is 7.24. The van der Waals surface area contributed by atoms with Crippen molar-refractivity contribution in [2.24, 2.45) is 0 Å². The Bertz CT molecular complexity index is 221. The van der Waals surface area contributed by atoms with Gasteiger partial charge in [-0.2, -0.15) is 0 Å². The van der Waals surface area contributed by atoms with E-state index in [1.54, 1.807) is 6.92 Å². The molecule has 108 valence electrons. The third kappa shape index (κ3) is 8.25. The van der Waals surface area contributed by atoms with Gasteiger partial charge < -0.3 is 0 Å². The number of rotatable bonds is 12. The Balaban J connectivity index is 4.80. The van der Waals surface area contributed by atoms with Gasteiger partial charge in [0.15, 0.2) is 0 Å². The molecule has 0 amide bonds. The first kappa shape index (κ1) is 16.2. The van der Waals surface area contributed by atoms with Crippen LogP contribution in [0.4, 0.5) is 0 Å². The zero-order valence-electron chi connectivity index (χ0n) is 14.0. The highest BCUT2D eigenvalue weighted by molar-refractivity contribution is 7.75. The van der Waals surface area contributed by atoms with E-state index in [4.69, 9.17) is 1.37 Å². The summed E-state index contributed by atoms with van der Waals surface area (Å²) in [5, 5.41) is 0. The van der Waals surface area contributed by atoms with E-state index in [2.05, 4.69) is 20.8 Å². The van der Waals surface area contributed by atoms with Gasteiger partial charge in [0.25, 0.3) is 0 Å². The van der Waals surface area contributed by atoms with E-state index in [-0.39, 0.29) is 5.78 Å². The van der Waals surface area contributed by atoms with Crippen molar-refractivity contribution < 1.29 is 6.17 Å². The molecule has 0 fully saturated rings. The Morgan fingerprint density at radius 1 is 0.889 bits per heavy atom. The predicted molar refractivity (Wildman–Crippen MR) is 86.4 cm³/mol. The fourth-order valence-electron chi connectivity index (χ4n) is 2.41. The van der Waals surface area contributed by atoms with E-state index in [9.17, 15) is 4.79 Å². The summed E-state index contributed by atoms with van der Waals surface area (Å²) >= 11 is 0. The lowest BCUT2D eigenvalue weighted by atomic mass is 10.3. The van der Waals surface area contributed by atoms with Crippen molar-refractivity contribution in [3.63, 3.8) is 0 Å². The SMILES string of the molecule is [2H]C(C[P+](CCCC)(CCCC)CCCC)C(C)=O. The van der Waals surface area contributed by atoms with Crippen molar-refractivity contribution in [2.45, 2.75) is 72.6 Å². The molecule has 0 aromatic rings. The van der Waals surface area contributed by atoms with Gasteiger partial charge >= 0.3 is 0 Å². The van der Waals surface area contributed by atoms with Crippen LogP contribution in [-0.2, 0) is 4.79 Å². The van der Waals surface area contributed by atoms with Gasteiger partial charge in [-0.3, -0.25) is 4.79 Å². The summed E-state index contributed by atoms with van der Waals surface area (Å²) in [5.41, 5.74) is 0. The number of unbranched alkanes of at least 4 members (excludes halogenated alkanes) is 3. The topological polar surface area (TPSA) is 17.1 Å². The maximum absolute atomic E-state index is 11.5. The largest absolute Gasteiger partial charge is 0.300 e. The number of carbonyl (C=O) groups is 1. The van der Waals surface area contributed by atoms with Crippen LogP contribution in [0.2, 0.25) is 0 Å². The van der Waals surface area contributed by atoms with Gasteiger partial charge in [0.05, 0.1) is 24.6 Å². The van der Waals surface area contributed by atoms with Crippen LogP contribution in [0.25, 0.3) is 0 Å². The van der Waals surface area contributed by atoms with E-state index < -0.39 is 13.7 Å². The van der Waals surface area contributed by atoms with Gasteiger partial charge in [0.2, 0.25) is 0 Å². The summed E-state index contributed by atoms with van der Waals surface area (Å²) in [4.78, 5) is 11.5. The molecule has 1 unspecified atom stereocenters. The summed E-state index contributed by atoms with van der Waals surface area (Å²) in [6.45, 7) is 8.33. The predicted octanol–water partition coefficient (Wildman–Crippen LogP) is 5.38. The van der Waals surface area contributed by atoms with E-state index in [1.807, 2.05) is 0 Å². The maximum Gasteiger partial charge on any atom is 0.133 e. The van der Waals surface area contributed by atoms with Crippen molar-refractivity contribution in [3.8, 4) is 0 Å². The van der Waals surface area contributed by atoms with Crippen LogP contribution < -0.4 is 0 Å². The van der Waals surface area contributed by atoms with Crippen molar-refractivity contribution in [1.29, 1.82) is 0 Å². The zero-order valence-corrected chi connectivity index (χ0v) is 13.9. The zero-order chi connectivity index (χ0) is 14.7. The smallest absolute Gasteiger partial charge is 0.133 e. The van der Waals surface area contributed by atoms with Gasteiger partial charge in [-0.25, -0.2) is 0 Å². The molecular weight excluding hydrogens is 239 g/mol. The van der Waals surface area contributed by atoms with Gasteiger partial charge in [-0.15, -0.1) is 0 Å². The van der Waals surface area contributed by atoms with Crippen LogP contribution in [0.5, 0.6) is 0 Å². The molecule has 0 heterocycles. The van der Waals surface area contributed by atoms with Crippen molar-refractivity contribution in [3.05, 3.63) is 0 Å². The van der Waals surface area contributed by atoms with Crippen molar-refractivity contribution in [1.82, 2.24) is 0 Å². The molecule has 0 saturated carbocycles. The molecule has 0 N–H and O–H groups in total. The third-order valence-corrected chi connectivity index (χ3v) is 8.48. The minimum Gasteiger partial charge on any atom is -0.300 e. The molecular formula is C16H34OP+. The average molecular weight is 274 g/mol. The second-order valence-corrected chi connectivity index (χ2v) is 9.96. The first-order valence-electron chi connectivity index (χ1n) is 8.36. The first-order valence-corrected chi connectivity index (χ1v) is 10.3. The third-order valence-electron chi connectivity index (χ3n) is 3.72. The van der Waals surface area contributed by atoms with Crippen LogP contribution in [0, 0.1) is 0 Å². The molecule has 0 aromatic heterocycles. The molecule has 0 aliphatic heterocycles. The number of carbonyl (C=O) groups excluding carboxylic acids is 1. The lowest BCUT2D eigenvalue weighted by molar-refractivity contribution is -0.116. The number of Topliss-reactive ketones (excluding diaryl/α,β-unsaturated/α-hetero) is 1. The van der Waals surface area contributed by atoms with Crippen LogP contribution in [-0.4, -0.2) is 30.4 Å². The molecule has 1 atom stereocenters. The van der Waals surface area contributed by atoms with E-state index >= 15 is 0 Å². The molecule has 0 rings (SSSR count). The summed E-state index contributed by atoms with van der Waals surface area (Å²) in [5.74, 6) is 0.0638. The lowest BCUT2D eigenvalue weighted by Gasteiger charge is -2.27. The minimum absolute atomic E-state index is 0.0638. The monoisotopic (exact) mass is 274 g/mol. The lowest BCUT2D eigenvalue weighted by Crippen LogP contribution is -2.14. The summed E-state index contributed by atoms with van der Waals surface area (Å²) in [6, 6.07) is 0. The van der Waals surface area contributed by atoms with Crippen molar-refractivity contribution in [2.75, 3.05) is 24.6 Å². The standard InChI is InChI=1S/C16H34OP/c1-5-8-12-18(13-9-6-2,14-10-7-3)15-11-16(4)17/h5-15H2,1-4H3/q+1/i11D. The Morgan fingerprint density at radius 2 is 1.28 bits per heavy atom. The number of hydrogen-bond donors (Lipinski definition) is 0. The first-order chi connectivity index (χ1) is 9.01. The number of ketones is 1. The Labute approximate surface area is 117 Å². The van der Waals surface area contributed by atoms with Crippen LogP contribution in [0.15, 0.2) is 0 Å². The average Bonchev–Trinajstić information content (AvgIpc) is 2.40. The Morgan fingerprint density at radius 3 is 1.56 bits per heavy atom. The molecule has 1 nitrogen and oxygen atoms in total. The molecule has 0 radical (unpaired) electrons. The molecule has 0 aromatic carbocycles. The highest BCUT2D eigenvalue weighted by atomic mass is 31.2. The minimum atomic E-state index is -1.06. The highest BCUT2D eigenvalue weighted by Crippen LogP contribution is 2.61. The van der Waals surface area contributed by atoms with E-state index in [0.717, 1.165) is 6.16 Å². The van der Waals surface area contributed by atoms with Gasteiger partial charge in [0, 0.05) is 15.0 Å². The summed E-state index contributed by atoms with van der Waals surface area (Å²) < 4.78 is 8.07. The Hall–Kier alpha value is 0.100. The second-order valence-electron chi connectivity index (χ2n) is 5.57. The van der Waals surface area contributed by atoms with Crippen LogP contribution in [0.3, 0.4) is 0 Å². The van der Waals surface area contributed by atoms with Crippen LogP contribution in [0.1, 0.15) is 74.0 Å². The van der Waals surface area contributed by atoms with Gasteiger partial charge in [-0.1, -0.05) is 40.0 Å². The highest BCUT2D eigenvalue weighted by Gasteiger charge is 2.35. The van der Waals surface area contributed by atoms with E-state index in [0.29, 0.717) is 0 Å². The van der Waals surface area contributed by atoms with Gasteiger partial charge in [-0.05, 0) is 26.2 Å². The molecule has 0 aliphatic rings. The second kappa shape index (κ2) is 11.0. The van der Waals surface area contributed by atoms with Crippen LogP contribution >= 0.6 is 7.26 Å². The molecule has 0 aliphatic carbocycles. The maximum atomic E-state index is 11.5.